The molecule has 32 heavy (non-hydrogen) atoms. The smallest absolute Gasteiger partial charge is 0.281 e. The molecule has 0 unspecified atom stereocenters. The monoisotopic (exact) mass is 441 g/mol. The van der Waals surface area contributed by atoms with Crippen molar-refractivity contribution in [2.24, 2.45) is 0 Å². The predicted molar refractivity (Wildman–Crippen MR) is 105 cm³/mol. The van der Waals surface area contributed by atoms with E-state index in [0.717, 1.165) is 4.80 Å². The molecule has 4 heterocycles. The Balaban J connectivity index is 1.34. The number of aliphatic hydroxyl groups is 1. The Morgan fingerprint density at radius 2 is 2.16 bits per heavy atom. The minimum absolute atomic E-state index is 0.0312. The van der Waals surface area contributed by atoms with Crippen LogP contribution in [0.5, 0.6) is 5.88 Å². The number of ether oxygens (including phenoxy) is 1. The number of benzene rings is 1. The van der Waals surface area contributed by atoms with E-state index in [9.17, 15) is 19.1 Å². The lowest BCUT2D eigenvalue weighted by Crippen LogP contribution is -2.41. The number of anilines is 1. The lowest BCUT2D eigenvalue weighted by atomic mass is 10.2. The van der Waals surface area contributed by atoms with Crippen molar-refractivity contribution in [1.29, 1.82) is 0 Å². The number of tetrazole rings is 1. The first-order valence-electron chi connectivity index (χ1n) is 9.52. The summed E-state index contributed by atoms with van der Waals surface area (Å²) in [7, 11) is 1.47. The third-order valence-corrected chi connectivity index (χ3v) is 5.01. The van der Waals surface area contributed by atoms with E-state index < -0.39 is 17.5 Å². The average Bonchev–Trinajstić information content (AvgIpc) is 3.40. The minimum atomic E-state index is -1.14. The molecule has 0 saturated heterocycles. The van der Waals surface area contributed by atoms with Gasteiger partial charge in [0, 0.05) is 12.4 Å². The average molecular weight is 441 g/mol. The van der Waals surface area contributed by atoms with Gasteiger partial charge in [0.15, 0.2) is 29.5 Å². The summed E-state index contributed by atoms with van der Waals surface area (Å²) >= 11 is 0. The van der Waals surface area contributed by atoms with Gasteiger partial charge in [0.1, 0.15) is 18.2 Å². The van der Waals surface area contributed by atoms with Crippen LogP contribution < -0.4 is 15.2 Å². The molecule has 4 aromatic rings. The van der Waals surface area contributed by atoms with E-state index in [0.29, 0.717) is 5.39 Å². The van der Waals surface area contributed by atoms with E-state index in [1.54, 1.807) is 18.2 Å². The zero-order chi connectivity index (χ0) is 22.4. The zero-order valence-electron chi connectivity index (χ0n) is 16.7. The SMILES string of the molecule is CN1C(=O)COc2ncn(Cc3nnn(C[C@H](O)c4cc5cccc(F)c5o4)n3)c(=O)c21. The van der Waals surface area contributed by atoms with Crippen LogP contribution in [0.2, 0.25) is 0 Å². The number of hydrogen-bond acceptors (Lipinski definition) is 9. The fraction of sp³-hybridized carbons (Fsp3) is 0.263. The van der Waals surface area contributed by atoms with Crippen LogP contribution in [0.1, 0.15) is 17.7 Å². The van der Waals surface area contributed by atoms with E-state index in [-0.39, 0.29) is 54.3 Å². The first kappa shape index (κ1) is 19.8. The van der Waals surface area contributed by atoms with Gasteiger partial charge in [-0.05, 0) is 17.3 Å². The van der Waals surface area contributed by atoms with Crippen LogP contribution in [0.3, 0.4) is 0 Å². The molecular weight excluding hydrogens is 425 g/mol. The van der Waals surface area contributed by atoms with Gasteiger partial charge >= 0.3 is 0 Å². The molecule has 1 atom stereocenters. The fourth-order valence-electron chi connectivity index (χ4n) is 3.35. The molecule has 0 radical (unpaired) electrons. The van der Waals surface area contributed by atoms with E-state index in [1.807, 2.05) is 0 Å². The number of carbonyl (C=O) groups excluding carboxylic acids is 1. The quantitative estimate of drug-likeness (QED) is 0.461. The van der Waals surface area contributed by atoms with Crippen molar-refractivity contribution in [3.05, 3.63) is 58.3 Å². The molecule has 5 rings (SSSR count). The van der Waals surface area contributed by atoms with Gasteiger partial charge in [0.2, 0.25) is 5.88 Å². The van der Waals surface area contributed by atoms with E-state index >= 15 is 0 Å². The van der Waals surface area contributed by atoms with Gasteiger partial charge < -0.3 is 19.2 Å². The summed E-state index contributed by atoms with van der Waals surface area (Å²) in [6.45, 7) is -0.347. The topological polar surface area (TPSA) is 141 Å². The second-order valence-corrected chi connectivity index (χ2v) is 7.16. The first-order chi connectivity index (χ1) is 15.4. The normalized spacial score (nSPS) is 14.5. The van der Waals surface area contributed by atoms with E-state index in [1.165, 1.54) is 28.9 Å². The van der Waals surface area contributed by atoms with Gasteiger partial charge in [-0.15, -0.1) is 10.2 Å². The third kappa shape index (κ3) is 3.37. The highest BCUT2D eigenvalue weighted by Crippen LogP contribution is 2.27. The summed E-state index contributed by atoms with van der Waals surface area (Å²) in [6, 6.07) is 6.03. The standard InChI is InChI=1S/C19H16FN7O5/c1-25-15(29)8-31-18-16(25)19(30)26(9-21-18)7-14-22-24-27(23-14)6-12(28)13-5-10-3-2-4-11(20)17(10)32-13/h2-5,9,12,28H,6-8H2,1H3/t12-/m0/s1. The molecule has 164 valence electrons. The molecule has 13 heteroatoms. The number of rotatable bonds is 5. The van der Waals surface area contributed by atoms with Crippen LogP contribution in [-0.2, 0) is 17.9 Å². The van der Waals surface area contributed by atoms with Crippen LogP contribution in [0.4, 0.5) is 10.1 Å². The highest BCUT2D eigenvalue weighted by molar-refractivity contribution is 5.96. The molecule has 0 spiro atoms. The number of aliphatic hydroxyl groups excluding tert-OH is 1. The Hall–Kier alpha value is -4.13. The molecule has 1 aromatic carbocycles. The molecule has 3 aromatic heterocycles. The van der Waals surface area contributed by atoms with Crippen molar-refractivity contribution in [3.63, 3.8) is 0 Å². The third-order valence-electron chi connectivity index (χ3n) is 5.01. The van der Waals surface area contributed by atoms with Crippen molar-refractivity contribution < 1.29 is 23.4 Å². The van der Waals surface area contributed by atoms with Gasteiger partial charge in [0.05, 0.1) is 13.1 Å². The van der Waals surface area contributed by atoms with E-state index in [2.05, 4.69) is 20.4 Å². The number of fused-ring (bicyclic) bond motifs is 2. The number of halogens is 1. The summed E-state index contributed by atoms with van der Waals surface area (Å²) in [5.41, 5.74) is -0.407. The van der Waals surface area contributed by atoms with Crippen LogP contribution in [0.15, 0.2) is 39.8 Å². The maximum absolute atomic E-state index is 13.8. The predicted octanol–water partition coefficient (Wildman–Crippen LogP) is 0.252. The van der Waals surface area contributed by atoms with Crippen LogP contribution in [0.25, 0.3) is 11.0 Å². The molecule has 0 bridgehead atoms. The molecule has 12 nitrogen and oxygen atoms in total. The van der Waals surface area contributed by atoms with Gasteiger partial charge in [-0.25, -0.2) is 9.37 Å². The van der Waals surface area contributed by atoms with Gasteiger partial charge in [-0.3, -0.25) is 14.2 Å². The Morgan fingerprint density at radius 3 is 2.97 bits per heavy atom. The maximum Gasteiger partial charge on any atom is 0.281 e. The second-order valence-electron chi connectivity index (χ2n) is 7.16. The van der Waals surface area contributed by atoms with Crippen molar-refractivity contribution in [2.75, 3.05) is 18.6 Å². The molecular formula is C19H16FN7O5. The second kappa shape index (κ2) is 7.53. The number of aromatic nitrogens is 6. The molecule has 1 aliphatic rings. The van der Waals surface area contributed by atoms with Crippen molar-refractivity contribution >= 4 is 22.6 Å². The lowest BCUT2D eigenvalue weighted by Gasteiger charge is -2.24. The zero-order valence-corrected chi connectivity index (χ0v) is 16.7. The summed E-state index contributed by atoms with van der Waals surface area (Å²) < 4.78 is 25.6. The van der Waals surface area contributed by atoms with Gasteiger partial charge in [0.25, 0.3) is 11.5 Å². The Morgan fingerprint density at radius 1 is 1.31 bits per heavy atom. The molecule has 0 fully saturated rings. The van der Waals surface area contributed by atoms with Crippen LogP contribution in [0, 0.1) is 5.82 Å². The summed E-state index contributed by atoms with van der Waals surface area (Å²) in [5, 5.41) is 22.9. The van der Waals surface area contributed by atoms with Gasteiger partial charge in [-0.1, -0.05) is 12.1 Å². The Labute approximate surface area is 178 Å². The highest BCUT2D eigenvalue weighted by Gasteiger charge is 2.27. The van der Waals surface area contributed by atoms with Crippen LogP contribution >= 0.6 is 0 Å². The number of nitrogens with zero attached hydrogens (tertiary/aromatic N) is 7. The number of likely N-dealkylation sites (N-methyl/N-ethyl adjacent to an activating group) is 1. The maximum atomic E-state index is 13.8. The molecule has 0 aliphatic carbocycles. The number of para-hydroxylation sites is 1. The van der Waals surface area contributed by atoms with Crippen molar-refractivity contribution in [2.45, 2.75) is 19.2 Å². The Kier molecular flexibility index (Phi) is 4.66. The summed E-state index contributed by atoms with van der Waals surface area (Å²) in [5.74, 6) is -0.467. The minimum Gasteiger partial charge on any atom is -0.466 e. The highest BCUT2D eigenvalue weighted by atomic mass is 19.1. The number of carbonyl (C=O) groups is 1. The summed E-state index contributed by atoms with van der Waals surface area (Å²) in [4.78, 5) is 31.0. The molecule has 1 N–H and O–H groups in total. The number of amides is 1. The summed E-state index contributed by atoms with van der Waals surface area (Å²) in [6.07, 6.45) is 0.123. The largest absolute Gasteiger partial charge is 0.466 e. The molecule has 0 saturated carbocycles. The van der Waals surface area contributed by atoms with E-state index in [4.69, 9.17) is 9.15 Å². The first-order valence-corrected chi connectivity index (χ1v) is 9.52. The molecule has 1 amide bonds. The molecule has 1 aliphatic heterocycles. The lowest BCUT2D eigenvalue weighted by molar-refractivity contribution is -0.121. The number of hydrogen-bond donors (Lipinski definition) is 1. The number of furan rings is 1. The Bertz CT molecular complexity index is 1390. The van der Waals surface area contributed by atoms with Crippen LogP contribution in [-0.4, -0.2) is 54.4 Å². The van der Waals surface area contributed by atoms with Crippen molar-refractivity contribution in [1.82, 2.24) is 29.8 Å². The van der Waals surface area contributed by atoms with Crippen molar-refractivity contribution in [3.8, 4) is 5.88 Å². The van der Waals surface area contributed by atoms with Gasteiger partial charge in [-0.2, -0.15) is 4.80 Å². The fourth-order valence-corrected chi connectivity index (χ4v) is 3.35.